The highest BCUT2D eigenvalue weighted by atomic mass is 32.2. The average Bonchev–Trinajstić information content (AvgIpc) is 2.37. The molecule has 3 atom stereocenters. The Morgan fingerprint density at radius 2 is 2.00 bits per heavy atom. The second kappa shape index (κ2) is 6.55. The quantitative estimate of drug-likeness (QED) is 0.860. The van der Waals surface area contributed by atoms with E-state index < -0.39 is 10.0 Å². The highest BCUT2D eigenvalue weighted by Crippen LogP contribution is 2.25. The summed E-state index contributed by atoms with van der Waals surface area (Å²) >= 11 is 0. The topological polar surface area (TPSA) is 49.4 Å². The summed E-state index contributed by atoms with van der Waals surface area (Å²) in [6, 6.07) is 0.579. The van der Waals surface area contributed by atoms with E-state index in [2.05, 4.69) is 12.2 Å². The van der Waals surface area contributed by atoms with Crippen molar-refractivity contribution < 1.29 is 8.42 Å². The summed E-state index contributed by atoms with van der Waals surface area (Å²) in [5.41, 5.74) is 0. The average molecular weight is 288 g/mol. The van der Waals surface area contributed by atoms with Gasteiger partial charge in [-0.25, -0.2) is 8.42 Å². The monoisotopic (exact) mass is 288 g/mol. The maximum atomic E-state index is 12.4. The highest BCUT2D eigenvalue weighted by molar-refractivity contribution is 7.89. The summed E-state index contributed by atoms with van der Waals surface area (Å²) in [6.45, 7) is 6.02. The van der Waals surface area contributed by atoms with Crippen LogP contribution in [-0.2, 0) is 10.0 Å². The Morgan fingerprint density at radius 3 is 2.63 bits per heavy atom. The first-order chi connectivity index (χ1) is 8.99. The summed E-state index contributed by atoms with van der Waals surface area (Å²) in [6.07, 6.45) is 6.36. The van der Waals surface area contributed by atoms with Crippen molar-refractivity contribution in [1.82, 2.24) is 9.62 Å². The van der Waals surface area contributed by atoms with Crippen molar-refractivity contribution in [2.75, 3.05) is 18.8 Å². The van der Waals surface area contributed by atoms with Crippen molar-refractivity contribution in [1.29, 1.82) is 0 Å². The van der Waals surface area contributed by atoms with Gasteiger partial charge in [0, 0.05) is 18.6 Å². The first-order valence-corrected chi connectivity index (χ1v) is 9.33. The van der Waals surface area contributed by atoms with Crippen LogP contribution in [0, 0.1) is 5.92 Å². The number of sulfonamides is 1. The fourth-order valence-corrected chi connectivity index (χ4v) is 5.21. The lowest BCUT2D eigenvalue weighted by Crippen LogP contribution is -2.46. The van der Waals surface area contributed by atoms with Gasteiger partial charge in [0.25, 0.3) is 0 Å². The first kappa shape index (κ1) is 15.3. The summed E-state index contributed by atoms with van der Waals surface area (Å²) in [4.78, 5) is 0. The number of hydrogen-bond donors (Lipinski definition) is 1. The molecule has 0 aromatic carbocycles. The van der Waals surface area contributed by atoms with Gasteiger partial charge < -0.3 is 5.32 Å². The fourth-order valence-electron chi connectivity index (χ4n) is 3.38. The Hall–Kier alpha value is -0.130. The van der Waals surface area contributed by atoms with Gasteiger partial charge in [0.1, 0.15) is 0 Å². The molecule has 0 amide bonds. The molecule has 0 aliphatic carbocycles. The van der Waals surface area contributed by atoms with Gasteiger partial charge >= 0.3 is 0 Å². The van der Waals surface area contributed by atoms with Crippen molar-refractivity contribution >= 4 is 10.0 Å². The number of nitrogens with zero attached hydrogens (tertiary/aromatic N) is 1. The Morgan fingerprint density at radius 1 is 1.21 bits per heavy atom. The van der Waals surface area contributed by atoms with Crippen molar-refractivity contribution in [3.8, 4) is 0 Å². The van der Waals surface area contributed by atoms with Crippen LogP contribution in [0.25, 0.3) is 0 Å². The Balaban J connectivity index is 1.86. The van der Waals surface area contributed by atoms with Gasteiger partial charge in [-0.3, -0.25) is 0 Å². The second-order valence-corrected chi connectivity index (χ2v) is 8.38. The molecule has 2 fully saturated rings. The van der Waals surface area contributed by atoms with Crippen LogP contribution in [0.5, 0.6) is 0 Å². The van der Waals surface area contributed by atoms with Crippen LogP contribution >= 0.6 is 0 Å². The van der Waals surface area contributed by atoms with E-state index >= 15 is 0 Å². The molecule has 5 heteroatoms. The molecule has 0 aromatic rings. The van der Waals surface area contributed by atoms with E-state index in [1.165, 1.54) is 12.8 Å². The smallest absolute Gasteiger partial charge is 0.214 e. The molecular formula is C14H28N2O2S. The summed E-state index contributed by atoms with van der Waals surface area (Å²) in [5.74, 6) is 0.963. The highest BCUT2D eigenvalue weighted by Gasteiger charge is 2.32. The van der Waals surface area contributed by atoms with Crippen molar-refractivity contribution in [2.24, 2.45) is 5.92 Å². The van der Waals surface area contributed by atoms with Gasteiger partial charge in [-0.15, -0.1) is 0 Å². The lowest BCUT2D eigenvalue weighted by Gasteiger charge is -2.36. The Bertz CT molecular complexity index is 377. The molecule has 2 aliphatic heterocycles. The zero-order valence-corrected chi connectivity index (χ0v) is 13.1. The van der Waals surface area contributed by atoms with Gasteiger partial charge in [-0.05, 0) is 51.5 Å². The van der Waals surface area contributed by atoms with Gasteiger partial charge in [0.2, 0.25) is 10.0 Å². The van der Waals surface area contributed by atoms with Gasteiger partial charge in [-0.2, -0.15) is 4.31 Å². The lowest BCUT2D eigenvalue weighted by molar-refractivity contribution is 0.219. The van der Waals surface area contributed by atoms with E-state index in [-0.39, 0.29) is 6.04 Å². The molecule has 112 valence electrons. The number of nitrogens with one attached hydrogen (secondary N) is 1. The Labute approximate surface area is 118 Å². The molecule has 4 nitrogen and oxygen atoms in total. The minimum absolute atomic E-state index is 0.174. The lowest BCUT2D eigenvalue weighted by atomic mass is 9.95. The third kappa shape index (κ3) is 4.17. The van der Waals surface area contributed by atoms with Crippen LogP contribution in [0.1, 0.15) is 52.4 Å². The molecule has 2 heterocycles. The number of piperidine rings is 2. The minimum Gasteiger partial charge on any atom is -0.314 e. The molecule has 0 saturated carbocycles. The van der Waals surface area contributed by atoms with Gasteiger partial charge in [0.05, 0.1) is 5.75 Å². The molecule has 0 aromatic heterocycles. The summed E-state index contributed by atoms with van der Waals surface area (Å²) < 4.78 is 26.6. The van der Waals surface area contributed by atoms with Crippen LogP contribution in [-0.4, -0.2) is 43.6 Å². The maximum absolute atomic E-state index is 12.4. The fraction of sp³-hybridized carbons (Fsp3) is 1.00. The van der Waals surface area contributed by atoms with Crippen molar-refractivity contribution in [3.63, 3.8) is 0 Å². The second-order valence-electron chi connectivity index (χ2n) is 6.34. The molecule has 0 radical (unpaired) electrons. The standard InChI is InChI=1S/C14H28N2O2S/c1-12-6-9-16(13(2)11-12)19(17,18)10-7-14-5-3-4-8-15-14/h12-15H,3-11H2,1-2H3. The van der Waals surface area contributed by atoms with E-state index in [0.29, 0.717) is 24.3 Å². The van der Waals surface area contributed by atoms with E-state index in [1.54, 1.807) is 4.31 Å². The van der Waals surface area contributed by atoms with Gasteiger partial charge in [0.15, 0.2) is 0 Å². The summed E-state index contributed by atoms with van der Waals surface area (Å²) in [7, 11) is -3.06. The predicted molar refractivity (Wildman–Crippen MR) is 78.6 cm³/mol. The maximum Gasteiger partial charge on any atom is 0.214 e. The van der Waals surface area contributed by atoms with Gasteiger partial charge in [-0.1, -0.05) is 13.3 Å². The molecule has 2 saturated heterocycles. The van der Waals surface area contributed by atoms with E-state index in [1.807, 2.05) is 6.92 Å². The third-order valence-corrected chi connectivity index (χ3v) is 6.58. The molecule has 0 spiro atoms. The van der Waals surface area contributed by atoms with E-state index in [4.69, 9.17) is 0 Å². The number of rotatable bonds is 4. The largest absolute Gasteiger partial charge is 0.314 e. The molecular weight excluding hydrogens is 260 g/mol. The first-order valence-electron chi connectivity index (χ1n) is 7.72. The Kier molecular flexibility index (Phi) is 5.26. The molecule has 19 heavy (non-hydrogen) atoms. The van der Waals surface area contributed by atoms with E-state index in [0.717, 1.165) is 32.2 Å². The molecule has 2 aliphatic rings. The zero-order chi connectivity index (χ0) is 13.9. The normalized spacial score (nSPS) is 34.3. The molecule has 1 N–H and O–H groups in total. The van der Waals surface area contributed by atoms with Crippen molar-refractivity contribution in [2.45, 2.75) is 64.5 Å². The van der Waals surface area contributed by atoms with E-state index in [9.17, 15) is 8.42 Å². The number of hydrogen-bond acceptors (Lipinski definition) is 3. The van der Waals surface area contributed by atoms with Crippen LogP contribution in [0.4, 0.5) is 0 Å². The molecule has 0 bridgehead atoms. The zero-order valence-electron chi connectivity index (χ0n) is 12.3. The third-order valence-electron chi connectivity index (χ3n) is 4.57. The van der Waals surface area contributed by atoms with Crippen LogP contribution in [0.3, 0.4) is 0 Å². The van der Waals surface area contributed by atoms with Crippen LogP contribution < -0.4 is 5.32 Å². The predicted octanol–water partition coefficient (Wildman–Crippen LogP) is 1.97. The van der Waals surface area contributed by atoms with Crippen LogP contribution in [0.15, 0.2) is 0 Å². The van der Waals surface area contributed by atoms with Crippen LogP contribution in [0.2, 0.25) is 0 Å². The molecule has 3 unspecified atom stereocenters. The summed E-state index contributed by atoms with van der Waals surface area (Å²) in [5, 5.41) is 3.43. The SMILES string of the molecule is CC1CCN(S(=O)(=O)CCC2CCCCN2)C(C)C1. The minimum atomic E-state index is -3.06. The van der Waals surface area contributed by atoms with Crippen molar-refractivity contribution in [3.05, 3.63) is 0 Å². The molecule has 2 rings (SSSR count).